The quantitative estimate of drug-likeness (QED) is 0.393. The molecule has 0 bridgehead atoms. The molecule has 0 aromatic heterocycles. The average molecular weight is 198 g/mol. The SMILES string of the molecule is C=C(C(=O)OC(C)OC)C(F)(F)F. The third-order valence-electron chi connectivity index (χ3n) is 1.19. The maximum atomic E-state index is 11.8. The number of hydrogen-bond acceptors (Lipinski definition) is 3. The molecule has 0 amide bonds. The normalized spacial score (nSPS) is 13.6. The van der Waals surface area contributed by atoms with Crippen molar-refractivity contribution in [1.82, 2.24) is 0 Å². The predicted octanol–water partition coefficient (Wildman–Crippen LogP) is 1.64. The van der Waals surface area contributed by atoms with Crippen LogP contribution >= 0.6 is 0 Å². The molecule has 0 aliphatic heterocycles. The van der Waals surface area contributed by atoms with Crippen molar-refractivity contribution in [2.45, 2.75) is 19.4 Å². The number of carbonyl (C=O) groups is 1. The van der Waals surface area contributed by atoms with Crippen LogP contribution in [0.15, 0.2) is 12.2 Å². The van der Waals surface area contributed by atoms with Gasteiger partial charge in [-0.05, 0) is 6.92 Å². The van der Waals surface area contributed by atoms with Gasteiger partial charge < -0.3 is 9.47 Å². The minimum atomic E-state index is -4.76. The molecule has 0 saturated heterocycles. The van der Waals surface area contributed by atoms with Crippen molar-refractivity contribution in [3.63, 3.8) is 0 Å². The van der Waals surface area contributed by atoms with Crippen molar-refractivity contribution < 1.29 is 27.4 Å². The maximum absolute atomic E-state index is 11.8. The number of halogens is 3. The first kappa shape index (κ1) is 12.0. The predicted molar refractivity (Wildman–Crippen MR) is 37.8 cm³/mol. The summed E-state index contributed by atoms with van der Waals surface area (Å²) in [5, 5.41) is 0. The van der Waals surface area contributed by atoms with Gasteiger partial charge in [0.05, 0.1) is 0 Å². The Hall–Kier alpha value is -1.04. The van der Waals surface area contributed by atoms with Gasteiger partial charge in [-0.15, -0.1) is 0 Å². The number of rotatable bonds is 3. The van der Waals surface area contributed by atoms with Crippen LogP contribution in [0, 0.1) is 0 Å². The molecule has 76 valence electrons. The van der Waals surface area contributed by atoms with Gasteiger partial charge in [0.1, 0.15) is 5.57 Å². The summed E-state index contributed by atoms with van der Waals surface area (Å²) in [6.45, 7) is 3.85. The molecule has 0 heterocycles. The van der Waals surface area contributed by atoms with Gasteiger partial charge in [-0.3, -0.25) is 0 Å². The molecule has 0 saturated carbocycles. The van der Waals surface area contributed by atoms with Gasteiger partial charge in [0.25, 0.3) is 0 Å². The molecule has 0 aromatic carbocycles. The summed E-state index contributed by atoms with van der Waals surface area (Å²) in [6, 6.07) is 0. The number of carbonyl (C=O) groups excluding carboxylic acids is 1. The van der Waals surface area contributed by atoms with Crippen LogP contribution in [0.4, 0.5) is 13.2 Å². The molecule has 0 fully saturated rings. The van der Waals surface area contributed by atoms with Crippen molar-refractivity contribution in [2.75, 3.05) is 7.11 Å². The number of esters is 1. The Kier molecular flexibility index (Phi) is 3.93. The molecule has 0 aliphatic carbocycles. The minimum absolute atomic E-state index is 1.02. The Labute approximate surface area is 73.1 Å². The summed E-state index contributed by atoms with van der Waals surface area (Å²) in [5.41, 5.74) is -1.54. The van der Waals surface area contributed by atoms with Gasteiger partial charge in [-0.2, -0.15) is 13.2 Å². The van der Waals surface area contributed by atoms with Gasteiger partial charge >= 0.3 is 12.1 Å². The lowest BCUT2D eigenvalue weighted by Gasteiger charge is -2.13. The van der Waals surface area contributed by atoms with E-state index in [4.69, 9.17) is 0 Å². The van der Waals surface area contributed by atoms with E-state index in [1.165, 1.54) is 14.0 Å². The van der Waals surface area contributed by atoms with Crippen LogP contribution in [0.1, 0.15) is 6.92 Å². The molecular weight excluding hydrogens is 189 g/mol. The van der Waals surface area contributed by atoms with Crippen molar-refractivity contribution in [3.05, 3.63) is 12.2 Å². The second-order valence-corrected chi connectivity index (χ2v) is 2.18. The second-order valence-electron chi connectivity index (χ2n) is 2.18. The zero-order valence-electron chi connectivity index (χ0n) is 7.14. The zero-order valence-corrected chi connectivity index (χ0v) is 7.14. The van der Waals surface area contributed by atoms with E-state index in [1.807, 2.05) is 0 Å². The van der Waals surface area contributed by atoms with Gasteiger partial charge in [-0.25, -0.2) is 4.79 Å². The molecule has 1 atom stereocenters. The number of ether oxygens (including phenoxy) is 2. The van der Waals surface area contributed by atoms with Gasteiger partial charge in [-0.1, -0.05) is 6.58 Å². The highest BCUT2D eigenvalue weighted by Gasteiger charge is 2.38. The number of methoxy groups -OCH3 is 1. The molecule has 0 radical (unpaired) electrons. The van der Waals surface area contributed by atoms with Gasteiger partial charge in [0.2, 0.25) is 0 Å². The van der Waals surface area contributed by atoms with Crippen molar-refractivity contribution in [3.8, 4) is 0 Å². The van der Waals surface area contributed by atoms with Crippen LogP contribution in [0.2, 0.25) is 0 Å². The van der Waals surface area contributed by atoms with E-state index in [0.29, 0.717) is 0 Å². The Bertz CT molecular complexity index is 210. The first-order chi connectivity index (χ1) is 5.79. The second kappa shape index (κ2) is 4.27. The third kappa shape index (κ3) is 3.93. The summed E-state index contributed by atoms with van der Waals surface area (Å²) in [5.74, 6) is -1.53. The number of hydrogen-bond donors (Lipinski definition) is 0. The Morgan fingerprint density at radius 3 is 2.23 bits per heavy atom. The van der Waals surface area contributed by atoms with E-state index in [1.54, 1.807) is 0 Å². The molecule has 6 heteroatoms. The first-order valence-corrected chi connectivity index (χ1v) is 3.29. The highest BCUT2D eigenvalue weighted by Crippen LogP contribution is 2.25. The fourth-order valence-electron chi connectivity index (χ4n) is 0.386. The van der Waals surface area contributed by atoms with Crippen LogP contribution in [0.5, 0.6) is 0 Å². The maximum Gasteiger partial charge on any atom is 0.422 e. The third-order valence-corrected chi connectivity index (χ3v) is 1.19. The standard InChI is InChI=1S/C7H9F3O3/c1-4(7(8,9)10)6(11)13-5(2)12-3/h5H,1H2,2-3H3. The molecule has 1 unspecified atom stereocenters. The van der Waals surface area contributed by atoms with Crippen LogP contribution in [0.25, 0.3) is 0 Å². The van der Waals surface area contributed by atoms with E-state index in [0.717, 1.165) is 0 Å². The van der Waals surface area contributed by atoms with E-state index >= 15 is 0 Å². The summed E-state index contributed by atoms with van der Waals surface area (Å²) in [4.78, 5) is 10.6. The lowest BCUT2D eigenvalue weighted by atomic mass is 10.3. The number of alkyl halides is 3. The first-order valence-electron chi connectivity index (χ1n) is 3.29. The van der Waals surface area contributed by atoms with Gasteiger partial charge in [0.15, 0.2) is 6.29 Å². The fourth-order valence-corrected chi connectivity index (χ4v) is 0.386. The highest BCUT2D eigenvalue weighted by molar-refractivity contribution is 5.89. The van der Waals surface area contributed by atoms with Crippen molar-refractivity contribution in [2.24, 2.45) is 0 Å². The summed E-state index contributed by atoms with van der Waals surface area (Å²) < 4.78 is 44.1. The van der Waals surface area contributed by atoms with Crippen molar-refractivity contribution >= 4 is 5.97 Å². The Morgan fingerprint density at radius 1 is 1.46 bits per heavy atom. The fraction of sp³-hybridized carbons (Fsp3) is 0.571. The molecule has 0 spiro atoms. The Morgan fingerprint density at radius 2 is 1.92 bits per heavy atom. The van der Waals surface area contributed by atoms with Gasteiger partial charge in [0, 0.05) is 7.11 Å². The summed E-state index contributed by atoms with van der Waals surface area (Å²) >= 11 is 0. The zero-order chi connectivity index (χ0) is 10.6. The molecular formula is C7H9F3O3. The Balaban J connectivity index is 4.21. The van der Waals surface area contributed by atoms with Crippen LogP contribution < -0.4 is 0 Å². The monoisotopic (exact) mass is 198 g/mol. The van der Waals surface area contributed by atoms with E-state index < -0.39 is 24.0 Å². The summed E-state index contributed by atoms with van der Waals surface area (Å²) in [6.07, 6.45) is -5.78. The summed E-state index contributed by atoms with van der Waals surface area (Å²) in [7, 11) is 1.20. The topological polar surface area (TPSA) is 35.5 Å². The van der Waals surface area contributed by atoms with Crippen LogP contribution in [-0.2, 0) is 14.3 Å². The van der Waals surface area contributed by atoms with E-state index in [9.17, 15) is 18.0 Å². The molecule has 0 aromatic rings. The van der Waals surface area contributed by atoms with Crippen LogP contribution in [-0.4, -0.2) is 25.5 Å². The van der Waals surface area contributed by atoms with Crippen molar-refractivity contribution in [1.29, 1.82) is 0 Å². The van der Waals surface area contributed by atoms with E-state index in [-0.39, 0.29) is 0 Å². The molecule has 0 N–H and O–H groups in total. The average Bonchev–Trinajstić information content (AvgIpc) is 2.01. The lowest BCUT2D eigenvalue weighted by molar-refractivity contribution is -0.173. The molecule has 13 heavy (non-hydrogen) atoms. The largest absolute Gasteiger partial charge is 0.432 e. The molecule has 0 rings (SSSR count). The van der Waals surface area contributed by atoms with Crippen LogP contribution in [0.3, 0.4) is 0 Å². The van der Waals surface area contributed by atoms with E-state index in [2.05, 4.69) is 16.1 Å². The molecule has 0 aliphatic rings. The molecule has 3 nitrogen and oxygen atoms in total. The highest BCUT2D eigenvalue weighted by atomic mass is 19.4. The lowest BCUT2D eigenvalue weighted by Crippen LogP contribution is -2.25. The smallest absolute Gasteiger partial charge is 0.422 e. The minimum Gasteiger partial charge on any atom is -0.432 e.